The van der Waals surface area contributed by atoms with Crippen LogP contribution in [0, 0.1) is 12.8 Å². The minimum Gasteiger partial charge on any atom is -0.494 e. The van der Waals surface area contributed by atoms with Crippen molar-refractivity contribution in [2.75, 3.05) is 18.6 Å². The number of esters is 1. The van der Waals surface area contributed by atoms with E-state index in [1.54, 1.807) is 6.92 Å². The number of Topliss-reactive ketones (excluding diaryl/α,β-unsaturated/α-hetero) is 1. The molecule has 2 aromatic rings. The molecule has 3 aliphatic rings. The van der Waals surface area contributed by atoms with Gasteiger partial charge in [0.2, 0.25) is 0 Å². The fourth-order valence-electron chi connectivity index (χ4n) is 5.41. The average Bonchev–Trinajstić information content (AvgIpc) is 3.44. The Morgan fingerprint density at radius 2 is 1.92 bits per heavy atom. The monoisotopic (exact) mass is 524 g/mol. The number of ketones is 1. The number of aryl methyl sites for hydroxylation is 1. The van der Waals surface area contributed by atoms with Crippen molar-refractivity contribution in [2.45, 2.75) is 70.9 Å². The number of nitrogens with zero attached hydrogens (tertiary/aromatic N) is 2. The van der Waals surface area contributed by atoms with Crippen molar-refractivity contribution in [3.8, 4) is 5.75 Å². The van der Waals surface area contributed by atoms with Gasteiger partial charge < -0.3 is 14.2 Å². The van der Waals surface area contributed by atoms with Crippen LogP contribution in [0.5, 0.6) is 5.75 Å². The lowest BCUT2D eigenvalue weighted by atomic mass is 9.77. The number of carbonyl (C=O) groups is 3. The number of carbonyl (C=O) groups excluding carboxylic acids is 3. The largest absolute Gasteiger partial charge is 0.494 e. The van der Waals surface area contributed by atoms with Gasteiger partial charge in [0.15, 0.2) is 16.7 Å². The van der Waals surface area contributed by atoms with Crippen molar-refractivity contribution in [1.29, 1.82) is 0 Å². The van der Waals surface area contributed by atoms with E-state index in [9.17, 15) is 14.4 Å². The first-order chi connectivity index (χ1) is 17.9. The van der Waals surface area contributed by atoms with Crippen molar-refractivity contribution in [3.63, 3.8) is 0 Å². The van der Waals surface area contributed by atoms with Gasteiger partial charge in [-0.25, -0.2) is 9.78 Å². The summed E-state index contributed by atoms with van der Waals surface area (Å²) >= 11 is 1.08. The highest BCUT2D eigenvalue weighted by atomic mass is 32.1. The minimum atomic E-state index is -0.692. The van der Waals surface area contributed by atoms with Crippen LogP contribution in [0.4, 0.5) is 5.13 Å². The first-order valence-corrected chi connectivity index (χ1v) is 13.8. The number of hydrogen-bond acceptors (Lipinski definition) is 8. The maximum atomic E-state index is 13.8. The van der Waals surface area contributed by atoms with E-state index >= 15 is 0 Å². The first kappa shape index (κ1) is 25.4. The van der Waals surface area contributed by atoms with E-state index in [2.05, 4.69) is 11.9 Å². The van der Waals surface area contributed by atoms with E-state index in [1.165, 1.54) is 12.0 Å². The summed E-state index contributed by atoms with van der Waals surface area (Å²) in [5.41, 5.74) is 1.62. The van der Waals surface area contributed by atoms with Crippen LogP contribution in [0.15, 0.2) is 35.6 Å². The van der Waals surface area contributed by atoms with E-state index in [1.807, 2.05) is 24.3 Å². The topological polar surface area (TPSA) is 95.0 Å². The van der Waals surface area contributed by atoms with Gasteiger partial charge in [-0.2, -0.15) is 0 Å². The quantitative estimate of drug-likeness (QED) is 0.341. The van der Waals surface area contributed by atoms with Gasteiger partial charge in [0.05, 0.1) is 36.9 Å². The van der Waals surface area contributed by atoms with Gasteiger partial charge >= 0.3 is 5.97 Å². The summed E-state index contributed by atoms with van der Waals surface area (Å²) in [5, 5.41) is 0.335. The van der Waals surface area contributed by atoms with Crippen LogP contribution >= 0.6 is 11.3 Å². The lowest BCUT2D eigenvalue weighted by molar-refractivity contribution is -0.131. The SMILES string of the molecule is CCCCCOc1ccc(C2C3=C(OC4CCCCC4C3=O)C(=O)N2c2nc(C)c(C(=O)OC)s2)cc1. The molecule has 1 aromatic heterocycles. The maximum absolute atomic E-state index is 13.8. The van der Waals surface area contributed by atoms with Gasteiger partial charge in [-0.05, 0) is 50.3 Å². The molecule has 1 amide bonds. The predicted molar refractivity (Wildman–Crippen MR) is 139 cm³/mol. The number of unbranched alkanes of at least 4 members (excludes halogenated alkanes) is 2. The smallest absolute Gasteiger partial charge is 0.350 e. The highest BCUT2D eigenvalue weighted by molar-refractivity contribution is 7.17. The number of ether oxygens (including phenoxy) is 3. The molecule has 0 spiro atoms. The molecule has 3 heterocycles. The lowest BCUT2D eigenvalue weighted by Gasteiger charge is -2.35. The van der Waals surface area contributed by atoms with Crippen LogP contribution in [-0.2, 0) is 19.1 Å². The Kier molecular flexibility index (Phi) is 7.33. The number of hydrogen-bond donors (Lipinski definition) is 0. The second-order valence-electron chi connectivity index (χ2n) is 9.76. The third-order valence-corrected chi connectivity index (χ3v) is 8.47. The Hall–Kier alpha value is -3.20. The van der Waals surface area contributed by atoms with Crippen molar-refractivity contribution in [1.82, 2.24) is 4.98 Å². The number of benzene rings is 1. The van der Waals surface area contributed by atoms with E-state index in [0.717, 1.165) is 67.6 Å². The van der Waals surface area contributed by atoms with Gasteiger partial charge in [-0.1, -0.05) is 49.7 Å². The van der Waals surface area contributed by atoms with Crippen LogP contribution in [0.25, 0.3) is 0 Å². The Bertz CT molecular complexity index is 1230. The number of fused-ring (bicyclic) bond motifs is 1. The molecule has 2 aliphatic heterocycles. The van der Waals surface area contributed by atoms with E-state index < -0.39 is 17.9 Å². The highest BCUT2D eigenvalue weighted by Gasteiger charge is 2.53. The molecule has 0 saturated heterocycles. The Labute approximate surface area is 220 Å². The molecular formula is C28H32N2O6S. The van der Waals surface area contributed by atoms with E-state index in [0.29, 0.717) is 27.9 Å². The molecule has 5 rings (SSSR count). The molecule has 196 valence electrons. The Morgan fingerprint density at radius 1 is 1.16 bits per heavy atom. The summed E-state index contributed by atoms with van der Waals surface area (Å²) < 4.78 is 17.0. The van der Waals surface area contributed by atoms with Gasteiger partial charge in [0.25, 0.3) is 5.91 Å². The molecule has 1 fully saturated rings. The fraction of sp³-hybridized carbons (Fsp3) is 0.500. The third kappa shape index (κ3) is 4.65. The minimum absolute atomic E-state index is 0.0202. The van der Waals surface area contributed by atoms with Crippen LogP contribution in [0.1, 0.15) is 78.8 Å². The zero-order valence-electron chi connectivity index (χ0n) is 21.5. The summed E-state index contributed by atoms with van der Waals surface area (Å²) in [4.78, 5) is 46.2. The van der Waals surface area contributed by atoms with Crippen molar-refractivity contribution in [3.05, 3.63) is 51.7 Å². The van der Waals surface area contributed by atoms with Gasteiger partial charge in [0.1, 0.15) is 16.7 Å². The van der Waals surface area contributed by atoms with E-state index in [4.69, 9.17) is 14.2 Å². The zero-order chi connectivity index (χ0) is 26.1. The first-order valence-electron chi connectivity index (χ1n) is 13.0. The zero-order valence-corrected chi connectivity index (χ0v) is 22.3. The molecule has 3 atom stereocenters. The molecule has 0 radical (unpaired) electrons. The molecule has 8 nitrogen and oxygen atoms in total. The summed E-state index contributed by atoms with van der Waals surface area (Å²) in [7, 11) is 1.31. The molecule has 1 aromatic carbocycles. The molecular weight excluding hydrogens is 492 g/mol. The summed E-state index contributed by atoms with van der Waals surface area (Å²) in [6.45, 7) is 4.49. The number of thiazole rings is 1. The third-order valence-electron chi connectivity index (χ3n) is 7.34. The molecule has 9 heteroatoms. The van der Waals surface area contributed by atoms with Crippen molar-refractivity contribution >= 4 is 34.1 Å². The normalized spacial score (nSPS) is 23.0. The van der Waals surface area contributed by atoms with Crippen LogP contribution < -0.4 is 9.64 Å². The summed E-state index contributed by atoms with van der Waals surface area (Å²) in [6.07, 6.45) is 6.42. The number of rotatable bonds is 8. The van der Waals surface area contributed by atoms with Crippen molar-refractivity contribution < 1.29 is 28.6 Å². The second kappa shape index (κ2) is 10.7. The summed E-state index contributed by atoms with van der Waals surface area (Å²) in [5.74, 6) is -0.319. The number of methoxy groups -OCH3 is 1. The standard InChI is InChI=1S/C28H32N2O6S/c1-4-5-8-15-35-18-13-11-17(12-14-18)22-21-23(31)19-9-6-7-10-20(19)36-24(21)26(32)30(22)28-29-16(2)25(37-28)27(33)34-3/h11-14,19-20,22H,4-10,15H2,1-3H3. The molecule has 1 saturated carbocycles. The lowest BCUT2D eigenvalue weighted by Crippen LogP contribution is -2.39. The second-order valence-corrected chi connectivity index (χ2v) is 10.7. The Morgan fingerprint density at radius 3 is 2.65 bits per heavy atom. The average molecular weight is 525 g/mol. The highest BCUT2D eigenvalue weighted by Crippen LogP contribution is 2.49. The fourth-order valence-corrected chi connectivity index (χ4v) is 6.43. The van der Waals surface area contributed by atoms with Crippen LogP contribution in [0.3, 0.4) is 0 Å². The summed E-state index contributed by atoms with van der Waals surface area (Å²) in [6, 6.07) is 6.82. The molecule has 3 unspecified atom stereocenters. The van der Waals surface area contributed by atoms with E-state index in [-0.39, 0.29) is 23.6 Å². The molecule has 37 heavy (non-hydrogen) atoms. The number of amides is 1. The number of aromatic nitrogens is 1. The molecule has 0 N–H and O–H groups in total. The number of anilines is 1. The van der Waals surface area contributed by atoms with Gasteiger partial charge in [-0.15, -0.1) is 0 Å². The Balaban J connectivity index is 1.53. The van der Waals surface area contributed by atoms with Gasteiger partial charge in [-0.3, -0.25) is 14.5 Å². The maximum Gasteiger partial charge on any atom is 0.350 e. The molecule has 1 aliphatic carbocycles. The van der Waals surface area contributed by atoms with Crippen LogP contribution in [0.2, 0.25) is 0 Å². The predicted octanol–water partition coefficient (Wildman–Crippen LogP) is 5.31. The van der Waals surface area contributed by atoms with Crippen LogP contribution in [-0.4, -0.2) is 42.5 Å². The van der Waals surface area contributed by atoms with Gasteiger partial charge in [0, 0.05) is 0 Å². The van der Waals surface area contributed by atoms with Crippen molar-refractivity contribution in [2.24, 2.45) is 5.92 Å². The molecule has 0 bridgehead atoms.